The van der Waals surface area contributed by atoms with Gasteiger partial charge in [0, 0.05) is 101 Å². The Hall–Kier alpha value is -7.31. The van der Waals surface area contributed by atoms with Gasteiger partial charge in [0.1, 0.15) is 11.5 Å². The zero-order valence-electron chi connectivity index (χ0n) is 35.7. The molecule has 8 heteroatoms. The van der Waals surface area contributed by atoms with Crippen molar-refractivity contribution in [2.75, 3.05) is 50.7 Å². The van der Waals surface area contributed by atoms with Crippen LogP contribution in [0, 0.1) is 0 Å². The molecule has 306 valence electrons. The summed E-state index contributed by atoms with van der Waals surface area (Å²) < 4.78 is 7.42. The highest BCUT2D eigenvalue weighted by atomic mass is 16.5. The molecule has 0 aliphatic carbocycles. The molecule has 64 heavy (non-hydrogen) atoms. The van der Waals surface area contributed by atoms with Gasteiger partial charge in [0.15, 0.2) is 0 Å². The smallest absolute Gasteiger partial charge is 0.256 e. The van der Waals surface area contributed by atoms with Gasteiger partial charge in [-0.3, -0.25) is 0 Å². The Morgan fingerprint density at radius 1 is 0.312 bits per heavy atom. The normalized spacial score (nSPS) is 16.2. The highest BCUT2D eigenvalue weighted by Crippen LogP contribution is 2.48. The average molecular weight is 826 g/mol. The molecule has 2 fully saturated rings. The van der Waals surface area contributed by atoms with Gasteiger partial charge in [0.2, 0.25) is 0 Å². The lowest BCUT2D eigenvalue weighted by atomic mass is 9.30. The van der Waals surface area contributed by atoms with Gasteiger partial charge in [0.25, 0.3) is 13.4 Å². The molecule has 0 N–H and O–H groups in total. The first-order chi connectivity index (χ1) is 31.8. The maximum absolute atomic E-state index is 7.42. The second kappa shape index (κ2) is 14.1. The largest absolute Gasteiger partial charge is 0.458 e. The number of benzene rings is 8. The zero-order chi connectivity index (χ0) is 41.9. The number of rotatable bonds is 5. The topological polar surface area (TPSA) is 25.4 Å². The van der Waals surface area contributed by atoms with Gasteiger partial charge < -0.3 is 29.2 Å². The summed E-state index contributed by atoms with van der Waals surface area (Å²) in [5.41, 5.74) is 21.0. The molecule has 6 nitrogen and oxygen atoms in total. The van der Waals surface area contributed by atoms with Crippen LogP contribution in [0.1, 0.15) is 25.7 Å². The Balaban J connectivity index is 1.05. The number of fused-ring (bicyclic) bond motifs is 8. The lowest BCUT2D eigenvalue weighted by Crippen LogP contribution is -2.64. The molecule has 8 aromatic rings. The number of anilines is 11. The van der Waals surface area contributed by atoms with Crippen LogP contribution in [0.25, 0.3) is 0 Å². The van der Waals surface area contributed by atoms with Crippen LogP contribution in [-0.4, -0.2) is 39.6 Å². The van der Waals surface area contributed by atoms with Crippen molar-refractivity contribution in [2.45, 2.75) is 25.7 Å². The van der Waals surface area contributed by atoms with E-state index in [9.17, 15) is 0 Å². The molecule has 0 spiro atoms. The van der Waals surface area contributed by atoms with Gasteiger partial charge in [-0.2, -0.15) is 0 Å². The third-order valence-corrected chi connectivity index (χ3v) is 14.7. The Morgan fingerprint density at radius 3 is 1.25 bits per heavy atom. The van der Waals surface area contributed by atoms with Crippen LogP contribution in [0.3, 0.4) is 0 Å². The minimum absolute atomic E-state index is 0.00730. The van der Waals surface area contributed by atoms with Gasteiger partial charge in [-0.25, -0.2) is 0 Å². The molecule has 0 unspecified atom stereocenters. The maximum atomic E-state index is 7.42. The maximum Gasteiger partial charge on any atom is 0.256 e. The molecule has 0 saturated carbocycles. The number of hydrogen-bond acceptors (Lipinski definition) is 6. The summed E-state index contributed by atoms with van der Waals surface area (Å²) in [5, 5.41) is 0. The van der Waals surface area contributed by atoms with E-state index in [0.29, 0.717) is 0 Å². The lowest BCUT2D eigenvalue weighted by Gasteiger charge is -2.46. The summed E-state index contributed by atoms with van der Waals surface area (Å²) in [5.74, 6) is 1.88. The highest BCUT2D eigenvalue weighted by Gasteiger charge is 2.48. The lowest BCUT2D eigenvalue weighted by molar-refractivity contribution is 0.487. The van der Waals surface area contributed by atoms with Crippen molar-refractivity contribution < 1.29 is 4.74 Å². The van der Waals surface area contributed by atoms with Gasteiger partial charge in [-0.1, -0.05) is 97.1 Å². The number of hydrogen-bond donors (Lipinski definition) is 0. The summed E-state index contributed by atoms with van der Waals surface area (Å²) in [7, 11) is 0. The van der Waals surface area contributed by atoms with Crippen molar-refractivity contribution in [3.63, 3.8) is 0 Å². The van der Waals surface area contributed by atoms with Crippen LogP contribution < -0.4 is 62.0 Å². The molecule has 0 aromatic heterocycles. The molecule has 0 atom stereocenters. The van der Waals surface area contributed by atoms with Crippen LogP contribution in [0.4, 0.5) is 62.6 Å². The molecule has 0 amide bonds. The van der Waals surface area contributed by atoms with Crippen LogP contribution in [0.5, 0.6) is 11.5 Å². The molecule has 2 saturated heterocycles. The van der Waals surface area contributed by atoms with Gasteiger partial charge in [-0.05, 0) is 125 Å². The van der Waals surface area contributed by atoms with E-state index in [0.717, 1.165) is 49.1 Å². The summed E-state index contributed by atoms with van der Waals surface area (Å²) >= 11 is 0. The monoisotopic (exact) mass is 825 g/mol. The summed E-state index contributed by atoms with van der Waals surface area (Å²) in [6.07, 6.45) is 4.85. The Morgan fingerprint density at radius 2 is 0.734 bits per heavy atom. The van der Waals surface area contributed by atoms with E-state index in [-0.39, 0.29) is 13.4 Å². The SMILES string of the molecule is c1ccc(N2c3ccccc3B3c4cc5c(cc4Oc4cc(N6CCCC6)cc2c43)N(c2ccccc2)c2cc(N3CCCC3)cc3c2B5c2ccccc2N3c2ccccc2)cc1. The second-order valence-electron chi connectivity index (χ2n) is 18.2. The second-order valence-corrected chi connectivity index (χ2v) is 18.2. The van der Waals surface area contributed by atoms with E-state index in [2.05, 4.69) is 200 Å². The quantitative estimate of drug-likeness (QED) is 0.161. The summed E-state index contributed by atoms with van der Waals surface area (Å²) in [6.45, 7) is 4.23. The summed E-state index contributed by atoms with van der Waals surface area (Å²) in [4.78, 5) is 12.7. The van der Waals surface area contributed by atoms with Gasteiger partial charge in [0.05, 0.1) is 0 Å². The van der Waals surface area contributed by atoms with Crippen LogP contribution in [-0.2, 0) is 0 Å². The minimum atomic E-state index is -0.0222. The fourth-order valence-corrected chi connectivity index (χ4v) is 12.0. The molecule has 8 aromatic carbocycles. The molecule has 6 aliphatic rings. The molecular formula is C56H45B2N5O. The Kier molecular flexibility index (Phi) is 7.98. The Labute approximate surface area is 375 Å². The van der Waals surface area contributed by atoms with Gasteiger partial charge in [-0.15, -0.1) is 0 Å². The molecule has 14 rings (SSSR count). The number of ether oxygens (including phenoxy) is 1. The first kappa shape index (κ1) is 36.2. The third kappa shape index (κ3) is 5.29. The van der Waals surface area contributed by atoms with Crippen LogP contribution in [0.15, 0.2) is 176 Å². The van der Waals surface area contributed by atoms with Gasteiger partial charge >= 0.3 is 0 Å². The molecular weight excluding hydrogens is 780 g/mol. The molecule has 0 bridgehead atoms. The van der Waals surface area contributed by atoms with Crippen molar-refractivity contribution in [2.24, 2.45) is 0 Å². The third-order valence-electron chi connectivity index (χ3n) is 14.7. The minimum Gasteiger partial charge on any atom is -0.458 e. The van der Waals surface area contributed by atoms with Crippen LogP contribution >= 0.6 is 0 Å². The number of para-hydroxylation sites is 5. The van der Waals surface area contributed by atoms with Crippen molar-refractivity contribution in [1.29, 1.82) is 0 Å². The van der Waals surface area contributed by atoms with Crippen molar-refractivity contribution in [1.82, 2.24) is 0 Å². The molecule has 0 radical (unpaired) electrons. The first-order valence-corrected chi connectivity index (χ1v) is 23.2. The predicted octanol–water partition coefficient (Wildman–Crippen LogP) is 9.37. The van der Waals surface area contributed by atoms with E-state index in [4.69, 9.17) is 4.74 Å². The van der Waals surface area contributed by atoms with Crippen molar-refractivity contribution in [3.8, 4) is 11.5 Å². The van der Waals surface area contributed by atoms with Crippen molar-refractivity contribution in [3.05, 3.63) is 176 Å². The average Bonchev–Trinajstić information content (AvgIpc) is 4.11. The predicted molar refractivity (Wildman–Crippen MR) is 269 cm³/mol. The van der Waals surface area contributed by atoms with Crippen LogP contribution in [0.2, 0.25) is 0 Å². The fourth-order valence-electron chi connectivity index (χ4n) is 12.0. The van der Waals surface area contributed by atoms with E-state index >= 15 is 0 Å². The van der Waals surface area contributed by atoms with E-state index < -0.39 is 0 Å². The Bertz CT molecular complexity index is 3150. The van der Waals surface area contributed by atoms with Crippen molar-refractivity contribution >= 4 is 109 Å². The molecule has 6 aliphatic heterocycles. The highest BCUT2D eigenvalue weighted by molar-refractivity contribution is 7.02. The summed E-state index contributed by atoms with van der Waals surface area (Å²) in [6, 6.07) is 65.8. The van der Waals surface area contributed by atoms with E-state index in [1.165, 1.54) is 110 Å². The van der Waals surface area contributed by atoms with E-state index in [1.807, 2.05) is 0 Å². The van der Waals surface area contributed by atoms with E-state index in [1.54, 1.807) is 0 Å². The number of nitrogens with zero attached hydrogens (tertiary/aromatic N) is 5. The fraction of sp³-hybridized carbons (Fsp3) is 0.143. The standard InChI is InChI=1S/C56H45B2N5O/c1-4-18-38(19-5-1)61-47-26-12-10-24-43(47)57-45-36-46-53(37-49(45)63(40-22-8-3-9-23-40)51-33-41(32-50(61)55(51)57)59-28-14-15-29-59)64-54-35-42(60-30-16-17-31-60)34-52-56(54)58(46)44-25-11-13-27-48(44)62(52)39-20-6-2-7-21-39/h1-13,18-27,32-37H,14-17,28-31H2. The first-order valence-electron chi connectivity index (χ1n) is 23.2. The molecule has 6 heterocycles. The zero-order valence-corrected chi connectivity index (χ0v) is 35.7.